The van der Waals surface area contributed by atoms with Crippen molar-refractivity contribution < 1.29 is 14.4 Å². The number of aromatic nitrogens is 1. The molecule has 3 rings (SSSR count). The number of hydrogen-bond donors (Lipinski definition) is 2. The molecule has 0 saturated heterocycles. The maximum atomic E-state index is 12.2. The first-order valence-electron chi connectivity index (χ1n) is 8.78. The van der Waals surface area contributed by atoms with Gasteiger partial charge >= 0.3 is 0 Å². The molecule has 142 valence electrons. The van der Waals surface area contributed by atoms with E-state index >= 15 is 0 Å². The molecular formula is C22H21N3O3. The van der Waals surface area contributed by atoms with Crippen LogP contribution in [0.4, 0.5) is 0 Å². The fourth-order valence-electron chi connectivity index (χ4n) is 3.04. The molecule has 1 heterocycles. The van der Waals surface area contributed by atoms with Gasteiger partial charge in [-0.25, -0.2) is 0 Å². The lowest BCUT2D eigenvalue weighted by molar-refractivity contribution is -0.124. The van der Waals surface area contributed by atoms with Crippen LogP contribution in [0.5, 0.6) is 0 Å². The number of likely N-dealkylation sites (N-methyl/N-ethyl adjacent to an activating group) is 1. The number of ketones is 1. The van der Waals surface area contributed by atoms with Crippen LogP contribution in [0.2, 0.25) is 0 Å². The molecule has 1 aromatic heterocycles. The number of nitrogens with one attached hydrogen (secondary N) is 1. The second kappa shape index (κ2) is 7.92. The highest BCUT2D eigenvalue weighted by Crippen LogP contribution is 2.30. The number of fused-ring (bicyclic) bond motifs is 1. The van der Waals surface area contributed by atoms with Gasteiger partial charge in [0.25, 0.3) is 5.91 Å². The molecule has 3 N–H and O–H groups in total. The Hall–Kier alpha value is -3.67. The van der Waals surface area contributed by atoms with E-state index in [0.717, 1.165) is 22.1 Å². The van der Waals surface area contributed by atoms with Gasteiger partial charge in [-0.3, -0.25) is 14.4 Å². The molecule has 6 nitrogen and oxygen atoms in total. The molecule has 2 aromatic carbocycles. The largest absolute Gasteiger partial charge is 0.366 e. The van der Waals surface area contributed by atoms with E-state index in [1.54, 1.807) is 26.4 Å². The maximum absolute atomic E-state index is 12.2. The van der Waals surface area contributed by atoms with Gasteiger partial charge in [0.1, 0.15) is 0 Å². The van der Waals surface area contributed by atoms with E-state index in [-0.39, 0.29) is 18.1 Å². The minimum atomic E-state index is -0.489. The van der Waals surface area contributed by atoms with Gasteiger partial charge in [0.15, 0.2) is 5.78 Å². The maximum Gasteiger partial charge on any atom is 0.250 e. The predicted octanol–water partition coefficient (Wildman–Crippen LogP) is 2.69. The van der Waals surface area contributed by atoms with Crippen molar-refractivity contribution in [2.45, 2.75) is 6.42 Å². The van der Waals surface area contributed by atoms with Crippen molar-refractivity contribution in [3.63, 3.8) is 0 Å². The molecule has 3 aromatic rings. The number of aromatic amines is 1. The van der Waals surface area contributed by atoms with Gasteiger partial charge in [0, 0.05) is 38.2 Å². The summed E-state index contributed by atoms with van der Waals surface area (Å²) in [5.41, 5.74) is 9.28. The van der Waals surface area contributed by atoms with Crippen LogP contribution < -0.4 is 5.73 Å². The van der Waals surface area contributed by atoms with Crippen LogP contribution in [0, 0.1) is 0 Å². The van der Waals surface area contributed by atoms with Gasteiger partial charge in [0.2, 0.25) is 5.91 Å². The fraction of sp³-hybridized carbons (Fsp3) is 0.136. The summed E-state index contributed by atoms with van der Waals surface area (Å²) < 4.78 is 0. The zero-order valence-corrected chi connectivity index (χ0v) is 15.7. The van der Waals surface area contributed by atoms with E-state index in [0.29, 0.717) is 11.1 Å². The third-order valence-electron chi connectivity index (χ3n) is 4.46. The molecule has 0 unspecified atom stereocenters. The van der Waals surface area contributed by atoms with Gasteiger partial charge in [-0.1, -0.05) is 30.3 Å². The zero-order chi connectivity index (χ0) is 20.3. The highest BCUT2D eigenvalue weighted by atomic mass is 16.2. The Morgan fingerprint density at radius 3 is 2.57 bits per heavy atom. The third-order valence-corrected chi connectivity index (χ3v) is 4.46. The van der Waals surface area contributed by atoms with E-state index in [4.69, 9.17) is 5.73 Å². The molecule has 2 amide bonds. The van der Waals surface area contributed by atoms with E-state index < -0.39 is 5.91 Å². The molecule has 0 aliphatic carbocycles. The number of carbonyl (C=O) groups is 3. The minimum Gasteiger partial charge on any atom is -0.366 e. The summed E-state index contributed by atoms with van der Waals surface area (Å²) in [5, 5.41) is 0.885. The van der Waals surface area contributed by atoms with Crippen LogP contribution in [0.1, 0.15) is 15.9 Å². The molecule has 0 aliphatic rings. The fourth-order valence-corrected chi connectivity index (χ4v) is 3.04. The Morgan fingerprint density at radius 1 is 1.07 bits per heavy atom. The van der Waals surface area contributed by atoms with E-state index in [1.165, 1.54) is 17.1 Å². The Morgan fingerprint density at radius 2 is 1.86 bits per heavy atom. The van der Waals surface area contributed by atoms with Crippen LogP contribution in [0.25, 0.3) is 22.0 Å². The molecule has 0 aliphatic heterocycles. The number of allylic oxidation sites excluding steroid dienone is 1. The Balaban J connectivity index is 1.88. The quantitative estimate of drug-likeness (QED) is 0.648. The second-order valence-corrected chi connectivity index (χ2v) is 6.70. The normalized spacial score (nSPS) is 11.1. The molecular weight excluding hydrogens is 354 g/mol. The summed E-state index contributed by atoms with van der Waals surface area (Å²) in [6.45, 7) is 0. The topological polar surface area (TPSA) is 96.3 Å². The number of nitrogens with zero attached hydrogens (tertiary/aromatic N) is 1. The van der Waals surface area contributed by atoms with Crippen molar-refractivity contribution in [1.82, 2.24) is 9.88 Å². The van der Waals surface area contributed by atoms with E-state index in [2.05, 4.69) is 4.98 Å². The van der Waals surface area contributed by atoms with E-state index in [1.807, 2.05) is 36.4 Å². The van der Waals surface area contributed by atoms with Crippen LogP contribution in [0.3, 0.4) is 0 Å². The van der Waals surface area contributed by atoms with E-state index in [9.17, 15) is 14.4 Å². The summed E-state index contributed by atoms with van der Waals surface area (Å²) in [7, 11) is 3.26. The average Bonchev–Trinajstić information content (AvgIpc) is 3.15. The third kappa shape index (κ3) is 4.01. The molecule has 0 saturated carbocycles. The molecule has 0 radical (unpaired) electrons. The summed E-state index contributed by atoms with van der Waals surface area (Å²) >= 11 is 0. The summed E-state index contributed by atoms with van der Waals surface area (Å²) in [6, 6.07) is 13.1. The Labute approximate surface area is 162 Å². The first kappa shape index (κ1) is 19.1. The van der Waals surface area contributed by atoms with Gasteiger partial charge in [-0.2, -0.15) is 0 Å². The van der Waals surface area contributed by atoms with Crippen molar-refractivity contribution >= 4 is 28.5 Å². The predicted molar refractivity (Wildman–Crippen MR) is 109 cm³/mol. The van der Waals surface area contributed by atoms with Gasteiger partial charge < -0.3 is 15.6 Å². The van der Waals surface area contributed by atoms with Crippen LogP contribution in [-0.4, -0.2) is 41.6 Å². The number of primary amides is 1. The van der Waals surface area contributed by atoms with Crippen LogP contribution in [-0.2, 0) is 16.0 Å². The zero-order valence-electron chi connectivity index (χ0n) is 15.7. The van der Waals surface area contributed by atoms with Crippen molar-refractivity contribution in [1.29, 1.82) is 0 Å². The van der Waals surface area contributed by atoms with Crippen molar-refractivity contribution in [2.24, 2.45) is 5.73 Å². The minimum absolute atomic E-state index is 0.150. The lowest BCUT2D eigenvalue weighted by Crippen LogP contribution is -2.19. The van der Waals surface area contributed by atoms with Gasteiger partial charge in [-0.05, 0) is 34.9 Å². The smallest absolute Gasteiger partial charge is 0.250 e. The first-order chi connectivity index (χ1) is 13.4. The van der Waals surface area contributed by atoms with Crippen LogP contribution in [0.15, 0.2) is 60.8 Å². The van der Waals surface area contributed by atoms with Crippen molar-refractivity contribution in [3.05, 3.63) is 71.9 Å². The van der Waals surface area contributed by atoms with Crippen LogP contribution >= 0.6 is 0 Å². The summed E-state index contributed by atoms with van der Waals surface area (Å²) in [4.78, 5) is 39.8. The number of rotatable bonds is 6. The molecule has 0 atom stereocenters. The monoisotopic (exact) mass is 375 g/mol. The molecule has 28 heavy (non-hydrogen) atoms. The summed E-state index contributed by atoms with van der Waals surface area (Å²) in [5.74, 6) is -0.868. The number of carbonyl (C=O) groups excluding carboxylic acids is 3. The molecule has 0 fully saturated rings. The number of amides is 2. The van der Waals surface area contributed by atoms with Crippen molar-refractivity contribution in [3.8, 4) is 11.1 Å². The molecule has 6 heteroatoms. The Kier molecular flexibility index (Phi) is 5.40. The number of nitrogens with two attached hydrogens (primary N) is 1. The number of H-pyrrole nitrogens is 1. The van der Waals surface area contributed by atoms with Gasteiger partial charge in [-0.15, -0.1) is 0 Å². The summed E-state index contributed by atoms with van der Waals surface area (Å²) in [6.07, 6.45) is 4.54. The number of benzene rings is 2. The first-order valence-corrected chi connectivity index (χ1v) is 8.78. The SMILES string of the molecule is CN(C)C(=O)/C=C/C(=O)Cc1cccc(-c2ccc(C(N)=O)c3[nH]ccc23)c1. The highest BCUT2D eigenvalue weighted by Gasteiger charge is 2.12. The highest BCUT2D eigenvalue weighted by molar-refractivity contribution is 6.09. The lowest BCUT2D eigenvalue weighted by atomic mass is 9.96. The standard InChI is InChI=1S/C22H21N3O3/c1-25(2)20(27)9-6-16(26)13-14-4-3-5-15(12-14)17-7-8-19(22(23)28)21-18(17)10-11-24-21/h3-12,24H,13H2,1-2H3,(H2,23,28)/b9-6+. The second-order valence-electron chi connectivity index (χ2n) is 6.70. The average molecular weight is 375 g/mol. The lowest BCUT2D eigenvalue weighted by Gasteiger charge is -2.08. The number of hydrogen-bond acceptors (Lipinski definition) is 3. The molecule has 0 spiro atoms. The molecule has 0 bridgehead atoms. The van der Waals surface area contributed by atoms with Gasteiger partial charge in [0.05, 0.1) is 11.1 Å². The van der Waals surface area contributed by atoms with Crippen molar-refractivity contribution in [2.75, 3.05) is 14.1 Å². The Bertz CT molecular complexity index is 1090.